The Bertz CT molecular complexity index is 462. The average molecular weight is 340 g/mol. The van der Waals surface area contributed by atoms with Crippen molar-refractivity contribution < 1.29 is 4.74 Å². The second-order valence-corrected chi connectivity index (χ2v) is 6.47. The predicted octanol–water partition coefficient (Wildman–Crippen LogP) is 1.82. The maximum absolute atomic E-state index is 5.77. The van der Waals surface area contributed by atoms with Gasteiger partial charge in [-0.1, -0.05) is 15.9 Å². The summed E-state index contributed by atoms with van der Waals surface area (Å²) in [5.41, 5.74) is 8.24. The molecule has 0 saturated carbocycles. The molecule has 0 spiro atoms. The van der Waals surface area contributed by atoms with Crippen molar-refractivity contribution in [3.8, 4) is 0 Å². The highest BCUT2D eigenvalue weighted by molar-refractivity contribution is 9.10. The Balaban J connectivity index is 1.68. The summed E-state index contributed by atoms with van der Waals surface area (Å²) < 4.78 is 6.56. The van der Waals surface area contributed by atoms with Gasteiger partial charge in [-0.05, 0) is 30.2 Å². The van der Waals surface area contributed by atoms with E-state index in [9.17, 15) is 0 Å². The Kier molecular flexibility index (Phi) is 4.61. The lowest BCUT2D eigenvalue weighted by Gasteiger charge is -2.32. The minimum atomic E-state index is 0.590. The zero-order valence-corrected chi connectivity index (χ0v) is 13.3. The number of morpholine rings is 1. The monoisotopic (exact) mass is 339 g/mol. The second-order valence-electron chi connectivity index (χ2n) is 5.56. The lowest BCUT2D eigenvalue weighted by Crippen LogP contribution is -2.44. The molecular formula is C15H22BrN3O. The van der Waals surface area contributed by atoms with E-state index in [-0.39, 0.29) is 0 Å². The number of nitrogens with zero attached hydrogens (tertiary/aromatic N) is 2. The predicted molar refractivity (Wildman–Crippen MR) is 85.0 cm³/mol. The Morgan fingerprint density at radius 1 is 1.20 bits per heavy atom. The number of anilines is 1. The number of hydrogen-bond acceptors (Lipinski definition) is 4. The molecule has 1 unspecified atom stereocenters. The molecule has 2 aliphatic heterocycles. The number of rotatable bonds is 3. The fourth-order valence-electron chi connectivity index (χ4n) is 3.15. The van der Waals surface area contributed by atoms with Gasteiger partial charge in [0.2, 0.25) is 0 Å². The Hall–Kier alpha value is -0.620. The molecule has 0 aromatic heterocycles. The normalized spacial score (nSPS) is 24.3. The number of nitrogens with two attached hydrogens (primary N) is 1. The third-order valence-electron chi connectivity index (χ3n) is 4.27. The van der Waals surface area contributed by atoms with E-state index in [1.54, 1.807) is 0 Å². The summed E-state index contributed by atoms with van der Waals surface area (Å²) in [6.45, 7) is 6.74. The zero-order chi connectivity index (χ0) is 13.9. The van der Waals surface area contributed by atoms with Crippen LogP contribution in [0.5, 0.6) is 0 Å². The van der Waals surface area contributed by atoms with Crippen LogP contribution in [0.2, 0.25) is 0 Å². The van der Waals surface area contributed by atoms with Gasteiger partial charge in [-0.25, -0.2) is 0 Å². The first-order valence-electron chi connectivity index (χ1n) is 7.32. The van der Waals surface area contributed by atoms with Crippen molar-refractivity contribution in [2.75, 3.05) is 44.3 Å². The lowest BCUT2D eigenvalue weighted by molar-refractivity contribution is 0.0209. The molecule has 2 heterocycles. The zero-order valence-electron chi connectivity index (χ0n) is 11.7. The number of hydrogen-bond donors (Lipinski definition) is 1. The quantitative estimate of drug-likeness (QED) is 0.912. The maximum Gasteiger partial charge on any atom is 0.0594 e. The number of benzene rings is 1. The first-order valence-corrected chi connectivity index (χ1v) is 8.12. The van der Waals surface area contributed by atoms with Crippen LogP contribution in [0.1, 0.15) is 12.0 Å². The van der Waals surface area contributed by atoms with Gasteiger partial charge in [0.25, 0.3) is 0 Å². The topological polar surface area (TPSA) is 41.7 Å². The summed E-state index contributed by atoms with van der Waals surface area (Å²) in [7, 11) is 0. The Morgan fingerprint density at radius 2 is 2.00 bits per heavy atom. The standard InChI is InChI=1S/C15H22BrN3O/c16-13-7-12(10-17)8-15(9-13)19-2-1-14(11-19)18-3-5-20-6-4-18/h7-9,14H,1-6,10-11,17H2. The molecule has 2 N–H and O–H groups in total. The van der Waals surface area contributed by atoms with Crippen molar-refractivity contribution >= 4 is 21.6 Å². The molecule has 20 heavy (non-hydrogen) atoms. The molecule has 2 saturated heterocycles. The number of ether oxygens (including phenoxy) is 1. The van der Waals surface area contributed by atoms with Crippen LogP contribution in [0.15, 0.2) is 22.7 Å². The Morgan fingerprint density at radius 3 is 2.75 bits per heavy atom. The molecule has 0 radical (unpaired) electrons. The minimum Gasteiger partial charge on any atom is -0.379 e. The molecule has 2 fully saturated rings. The van der Waals surface area contributed by atoms with Crippen LogP contribution >= 0.6 is 15.9 Å². The van der Waals surface area contributed by atoms with Crippen LogP contribution < -0.4 is 10.6 Å². The number of halogens is 1. The van der Waals surface area contributed by atoms with Crippen LogP contribution in [-0.4, -0.2) is 50.3 Å². The molecule has 2 aliphatic rings. The summed E-state index contributed by atoms with van der Waals surface area (Å²) >= 11 is 3.58. The van der Waals surface area contributed by atoms with Gasteiger partial charge in [-0.2, -0.15) is 0 Å². The van der Waals surface area contributed by atoms with Gasteiger partial charge in [0, 0.05) is 48.9 Å². The van der Waals surface area contributed by atoms with E-state index in [0.29, 0.717) is 12.6 Å². The fourth-order valence-corrected chi connectivity index (χ4v) is 3.68. The third-order valence-corrected chi connectivity index (χ3v) is 4.73. The molecule has 0 amide bonds. The molecule has 4 nitrogen and oxygen atoms in total. The summed E-state index contributed by atoms with van der Waals surface area (Å²) in [5.74, 6) is 0. The van der Waals surface area contributed by atoms with Gasteiger partial charge in [0.1, 0.15) is 0 Å². The van der Waals surface area contributed by atoms with Crippen LogP contribution in [0.4, 0.5) is 5.69 Å². The van der Waals surface area contributed by atoms with E-state index in [0.717, 1.165) is 43.9 Å². The molecule has 1 atom stereocenters. The lowest BCUT2D eigenvalue weighted by atomic mass is 10.2. The summed E-state index contributed by atoms with van der Waals surface area (Å²) in [5, 5.41) is 0. The Labute approximate surface area is 129 Å². The summed E-state index contributed by atoms with van der Waals surface area (Å²) in [6.07, 6.45) is 1.24. The fraction of sp³-hybridized carbons (Fsp3) is 0.600. The molecule has 5 heteroatoms. The van der Waals surface area contributed by atoms with E-state index >= 15 is 0 Å². The van der Waals surface area contributed by atoms with Crippen LogP contribution in [0.3, 0.4) is 0 Å². The highest BCUT2D eigenvalue weighted by atomic mass is 79.9. The van der Waals surface area contributed by atoms with Gasteiger partial charge >= 0.3 is 0 Å². The van der Waals surface area contributed by atoms with Crippen molar-refractivity contribution in [2.24, 2.45) is 5.73 Å². The van der Waals surface area contributed by atoms with Gasteiger partial charge in [0.05, 0.1) is 13.2 Å². The summed E-state index contributed by atoms with van der Waals surface area (Å²) in [4.78, 5) is 5.05. The van der Waals surface area contributed by atoms with Crippen molar-refractivity contribution in [2.45, 2.75) is 19.0 Å². The van der Waals surface area contributed by atoms with Crippen molar-refractivity contribution in [3.05, 3.63) is 28.2 Å². The first kappa shape index (κ1) is 14.3. The SMILES string of the molecule is NCc1cc(Br)cc(N2CCC(N3CCOCC3)C2)c1. The van der Waals surface area contributed by atoms with E-state index < -0.39 is 0 Å². The molecule has 110 valence electrons. The molecular weight excluding hydrogens is 318 g/mol. The molecule has 1 aromatic rings. The largest absolute Gasteiger partial charge is 0.379 e. The third kappa shape index (κ3) is 3.17. The highest BCUT2D eigenvalue weighted by Crippen LogP contribution is 2.27. The van der Waals surface area contributed by atoms with Crippen molar-refractivity contribution in [1.29, 1.82) is 0 Å². The van der Waals surface area contributed by atoms with Crippen LogP contribution in [-0.2, 0) is 11.3 Å². The second kappa shape index (κ2) is 6.43. The average Bonchev–Trinajstić information content (AvgIpc) is 2.97. The smallest absolute Gasteiger partial charge is 0.0594 e. The van der Waals surface area contributed by atoms with Gasteiger partial charge in [-0.15, -0.1) is 0 Å². The van der Waals surface area contributed by atoms with E-state index in [2.05, 4.69) is 43.9 Å². The summed E-state index contributed by atoms with van der Waals surface area (Å²) in [6, 6.07) is 7.17. The van der Waals surface area contributed by atoms with Gasteiger partial charge in [-0.3, -0.25) is 4.90 Å². The van der Waals surface area contributed by atoms with Crippen molar-refractivity contribution in [1.82, 2.24) is 4.90 Å². The highest BCUT2D eigenvalue weighted by Gasteiger charge is 2.28. The van der Waals surface area contributed by atoms with Crippen molar-refractivity contribution in [3.63, 3.8) is 0 Å². The molecule has 0 aliphatic carbocycles. The van der Waals surface area contributed by atoms with E-state index in [1.165, 1.54) is 17.7 Å². The minimum absolute atomic E-state index is 0.590. The van der Waals surface area contributed by atoms with Crippen LogP contribution in [0, 0.1) is 0 Å². The molecule has 1 aromatic carbocycles. The molecule has 0 bridgehead atoms. The van der Waals surface area contributed by atoms with Gasteiger partial charge < -0.3 is 15.4 Å². The maximum atomic E-state index is 5.77. The van der Waals surface area contributed by atoms with Crippen LogP contribution in [0.25, 0.3) is 0 Å². The van der Waals surface area contributed by atoms with E-state index in [4.69, 9.17) is 10.5 Å². The van der Waals surface area contributed by atoms with Gasteiger partial charge in [0.15, 0.2) is 0 Å². The first-order chi connectivity index (χ1) is 9.76. The molecule has 3 rings (SSSR count). The van der Waals surface area contributed by atoms with E-state index in [1.807, 2.05) is 0 Å².